The predicted molar refractivity (Wildman–Crippen MR) is 95.3 cm³/mol. The van der Waals surface area contributed by atoms with E-state index >= 15 is 0 Å². The van der Waals surface area contributed by atoms with Crippen LogP contribution in [0.4, 0.5) is 0 Å². The highest BCUT2D eigenvalue weighted by Crippen LogP contribution is 2.22. The van der Waals surface area contributed by atoms with E-state index in [4.69, 9.17) is 14.6 Å². The fourth-order valence-electron chi connectivity index (χ4n) is 2.21. The number of aromatic nitrogens is 1. The van der Waals surface area contributed by atoms with Crippen molar-refractivity contribution < 1.29 is 24.2 Å². The summed E-state index contributed by atoms with van der Waals surface area (Å²) in [7, 11) is 0. The normalized spacial score (nSPS) is 11.7. The Morgan fingerprint density at radius 2 is 1.81 bits per heavy atom. The maximum absolute atomic E-state index is 11.9. The number of carboxylic acids is 1. The first-order valence-corrected chi connectivity index (χ1v) is 8.28. The van der Waals surface area contributed by atoms with Gasteiger partial charge in [-0.2, -0.15) is 0 Å². The van der Waals surface area contributed by atoms with E-state index in [9.17, 15) is 9.59 Å². The van der Waals surface area contributed by atoms with Crippen LogP contribution in [0.5, 0.6) is 17.4 Å². The molecule has 138 valence electrons. The molecule has 0 bridgehead atoms. The van der Waals surface area contributed by atoms with Crippen LogP contribution in [-0.2, 0) is 9.59 Å². The molecule has 0 aliphatic heterocycles. The zero-order valence-electron chi connectivity index (χ0n) is 14.7. The molecule has 1 aromatic carbocycles. The summed E-state index contributed by atoms with van der Waals surface area (Å²) in [5, 5.41) is 11.6. The molecule has 0 aliphatic rings. The molecule has 1 heterocycles. The van der Waals surface area contributed by atoms with Crippen molar-refractivity contribution in [2.45, 2.75) is 26.3 Å². The van der Waals surface area contributed by atoms with Gasteiger partial charge in [0.2, 0.25) is 5.88 Å². The minimum atomic E-state index is -1.05. The third-order valence-electron chi connectivity index (χ3n) is 3.39. The van der Waals surface area contributed by atoms with E-state index in [2.05, 4.69) is 10.3 Å². The van der Waals surface area contributed by atoms with Crippen molar-refractivity contribution in [1.29, 1.82) is 0 Å². The second kappa shape index (κ2) is 9.41. The molecule has 2 rings (SSSR count). The van der Waals surface area contributed by atoms with E-state index in [1.165, 1.54) is 0 Å². The lowest BCUT2D eigenvalue weighted by Gasteiger charge is -2.16. The zero-order chi connectivity index (χ0) is 18.9. The average molecular weight is 358 g/mol. The first-order valence-electron chi connectivity index (χ1n) is 8.28. The molecular formula is C19H22N2O5. The summed E-state index contributed by atoms with van der Waals surface area (Å²) >= 11 is 0. The molecule has 1 unspecified atom stereocenters. The monoisotopic (exact) mass is 358 g/mol. The highest BCUT2D eigenvalue weighted by atomic mass is 16.5. The quantitative estimate of drug-likeness (QED) is 0.715. The van der Waals surface area contributed by atoms with Crippen LogP contribution in [-0.4, -0.2) is 34.6 Å². The van der Waals surface area contributed by atoms with Gasteiger partial charge in [0, 0.05) is 12.3 Å². The van der Waals surface area contributed by atoms with Crippen molar-refractivity contribution in [3.63, 3.8) is 0 Å². The van der Waals surface area contributed by atoms with Crippen molar-refractivity contribution in [3.8, 4) is 17.4 Å². The average Bonchev–Trinajstić information content (AvgIpc) is 2.61. The molecule has 1 aromatic heterocycles. The van der Waals surface area contributed by atoms with Crippen LogP contribution in [0.3, 0.4) is 0 Å². The fraction of sp³-hybridized carbons (Fsp3) is 0.316. The van der Waals surface area contributed by atoms with Crippen LogP contribution in [0.2, 0.25) is 0 Å². The Hall–Kier alpha value is -3.09. The lowest BCUT2D eigenvalue weighted by molar-refractivity contribution is -0.142. The first-order chi connectivity index (χ1) is 12.4. The number of ether oxygens (including phenoxy) is 2. The maximum Gasteiger partial charge on any atom is 0.326 e. The molecule has 2 aromatic rings. The molecular weight excluding hydrogens is 336 g/mol. The van der Waals surface area contributed by atoms with Crippen LogP contribution in [0, 0.1) is 5.92 Å². The molecule has 1 amide bonds. The molecule has 0 saturated heterocycles. The number of amides is 1. The van der Waals surface area contributed by atoms with Gasteiger partial charge in [0.15, 0.2) is 6.61 Å². The summed E-state index contributed by atoms with van der Waals surface area (Å²) in [5.74, 6) is 0.164. The van der Waals surface area contributed by atoms with E-state index in [1.807, 2.05) is 19.9 Å². The number of aliphatic carboxylic acids is 1. The molecule has 0 radical (unpaired) electrons. The molecule has 1 atom stereocenters. The summed E-state index contributed by atoms with van der Waals surface area (Å²) in [4.78, 5) is 27.1. The molecule has 0 spiro atoms. The summed E-state index contributed by atoms with van der Waals surface area (Å²) in [5.41, 5.74) is 0. The molecule has 7 nitrogen and oxygen atoms in total. The lowest BCUT2D eigenvalue weighted by Crippen LogP contribution is -2.43. The number of carbonyl (C=O) groups is 2. The number of benzene rings is 1. The number of rotatable bonds is 9. The molecule has 2 N–H and O–H groups in total. The third kappa shape index (κ3) is 6.43. The topological polar surface area (TPSA) is 97.8 Å². The standard InChI is InChI=1S/C19H22N2O5/c1-13(2)11-16(19(23)24)21-17(22)12-25-14-6-8-15(9-7-14)26-18-5-3-4-10-20-18/h3-10,13,16H,11-12H2,1-2H3,(H,21,22)(H,23,24). The predicted octanol–water partition coefficient (Wildman–Crippen LogP) is 2.87. The van der Waals surface area contributed by atoms with Gasteiger partial charge in [-0.15, -0.1) is 0 Å². The Morgan fingerprint density at radius 3 is 2.38 bits per heavy atom. The molecule has 0 aliphatic carbocycles. The Morgan fingerprint density at radius 1 is 1.12 bits per heavy atom. The fourth-order valence-corrected chi connectivity index (χ4v) is 2.21. The smallest absolute Gasteiger partial charge is 0.326 e. The van der Waals surface area contributed by atoms with Gasteiger partial charge in [0.1, 0.15) is 17.5 Å². The highest BCUT2D eigenvalue weighted by molar-refractivity contribution is 5.84. The Labute approximate surface area is 152 Å². The van der Waals surface area contributed by atoms with Gasteiger partial charge in [-0.25, -0.2) is 9.78 Å². The molecule has 0 fully saturated rings. The van der Waals surface area contributed by atoms with Crippen LogP contribution >= 0.6 is 0 Å². The Balaban J connectivity index is 1.83. The van der Waals surface area contributed by atoms with Crippen molar-refractivity contribution in [1.82, 2.24) is 10.3 Å². The number of pyridine rings is 1. The number of nitrogens with one attached hydrogen (secondary N) is 1. The van der Waals surface area contributed by atoms with Crippen LogP contribution in [0.15, 0.2) is 48.7 Å². The summed E-state index contributed by atoms with van der Waals surface area (Å²) in [6.45, 7) is 3.53. The SMILES string of the molecule is CC(C)CC(NC(=O)COc1ccc(Oc2ccccn2)cc1)C(=O)O. The van der Waals surface area contributed by atoms with E-state index in [0.717, 1.165) is 0 Å². The molecule has 26 heavy (non-hydrogen) atoms. The molecule has 0 saturated carbocycles. The highest BCUT2D eigenvalue weighted by Gasteiger charge is 2.21. The van der Waals surface area contributed by atoms with Gasteiger partial charge < -0.3 is 19.9 Å². The Kier molecular flexibility index (Phi) is 6.96. The van der Waals surface area contributed by atoms with E-state index in [0.29, 0.717) is 23.8 Å². The van der Waals surface area contributed by atoms with E-state index in [-0.39, 0.29) is 12.5 Å². The maximum atomic E-state index is 11.9. The van der Waals surface area contributed by atoms with Gasteiger partial charge in [0.25, 0.3) is 5.91 Å². The third-order valence-corrected chi connectivity index (χ3v) is 3.39. The summed E-state index contributed by atoms with van der Waals surface area (Å²) < 4.78 is 10.9. The van der Waals surface area contributed by atoms with Gasteiger partial charge in [0.05, 0.1) is 0 Å². The van der Waals surface area contributed by atoms with Crippen molar-refractivity contribution in [3.05, 3.63) is 48.7 Å². The second-order valence-corrected chi connectivity index (χ2v) is 6.12. The van der Waals surface area contributed by atoms with Crippen molar-refractivity contribution in [2.75, 3.05) is 6.61 Å². The van der Waals surface area contributed by atoms with Crippen molar-refractivity contribution in [2.24, 2.45) is 5.92 Å². The zero-order valence-corrected chi connectivity index (χ0v) is 14.7. The number of nitrogens with zero attached hydrogens (tertiary/aromatic N) is 1. The van der Waals surface area contributed by atoms with Crippen LogP contribution < -0.4 is 14.8 Å². The van der Waals surface area contributed by atoms with Crippen LogP contribution in [0.1, 0.15) is 20.3 Å². The number of hydrogen-bond acceptors (Lipinski definition) is 5. The second-order valence-electron chi connectivity index (χ2n) is 6.12. The number of hydrogen-bond donors (Lipinski definition) is 2. The molecule has 7 heteroatoms. The first kappa shape index (κ1) is 19.2. The van der Waals surface area contributed by atoms with Gasteiger partial charge in [-0.3, -0.25) is 4.79 Å². The largest absolute Gasteiger partial charge is 0.484 e. The van der Waals surface area contributed by atoms with Crippen molar-refractivity contribution >= 4 is 11.9 Å². The minimum Gasteiger partial charge on any atom is -0.484 e. The summed E-state index contributed by atoms with van der Waals surface area (Å²) in [6.07, 6.45) is 2.00. The lowest BCUT2D eigenvalue weighted by atomic mass is 10.0. The van der Waals surface area contributed by atoms with Gasteiger partial charge >= 0.3 is 5.97 Å². The Bertz CT molecular complexity index is 716. The van der Waals surface area contributed by atoms with Crippen LogP contribution in [0.25, 0.3) is 0 Å². The van der Waals surface area contributed by atoms with E-state index < -0.39 is 17.9 Å². The summed E-state index contributed by atoms with van der Waals surface area (Å²) in [6, 6.07) is 11.2. The minimum absolute atomic E-state index is 0.156. The van der Waals surface area contributed by atoms with Gasteiger partial charge in [-0.1, -0.05) is 19.9 Å². The number of carboxylic acid groups (broad SMARTS) is 1. The van der Waals surface area contributed by atoms with Gasteiger partial charge in [-0.05, 0) is 42.7 Å². The van der Waals surface area contributed by atoms with E-state index in [1.54, 1.807) is 42.6 Å². The number of carbonyl (C=O) groups excluding carboxylic acids is 1.